The highest BCUT2D eigenvalue weighted by Gasteiger charge is 2.22. The van der Waals surface area contributed by atoms with E-state index in [2.05, 4.69) is 17.0 Å². The minimum Gasteiger partial charge on any atom is -0.394 e. The van der Waals surface area contributed by atoms with Crippen LogP contribution in [0.25, 0.3) is 0 Å². The van der Waals surface area contributed by atoms with Gasteiger partial charge in [0.1, 0.15) is 0 Å². The molecule has 0 aliphatic heterocycles. The highest BCUT2D eigenvalue weighted by Crippen LogP contribution is 2.23. The van der Waals surface area contributed by atoms with Crippen LogP contribution in [-0.4, -0.2) is 47.1 Å². The van der Waals surface area contributed by atoms with Gasteiger partial charge in [-0.25, -0.2) is 0 Å². The van der Waals surface area contributed by atoms with E-state index in [0.717, 1.165) is 11.1 Å². The van der Waals surface area contributed by atoms with Gasteiger partial charge in [-0.3, -0.25) is 4.90 Å². The maximum Gasteiger partial charge on any atom is 0.0900 e. The van der Waals surface area contributed by atoms with Crippen molar-refractivity contribution in [1.82, 2.24) is 4.90 Å². The molecule has 2 atom stereocenters. The topological polar surface area (TPSA) is 52.9 Å². The van der Waals surface area contributed by atoms with Crippen LogP contribution in [0.2, 0.25) is 0 Å². The third kappa shape index (κ3) is 6.59. The zero-order valence-electron chi connectivity index (χ0n) is 15.1. The Balaban J connectivity index is 2.15. The lowest BCUT2D eigenvalue weighted by Crippen LogP contribution is -2.39. The van der Waals surface area contributed by atoms with E-state index in [4.69, 9.17) is 4.74 Å². The maximum atomic E-state index is 10.4. The van der Waals surface area contributed by atoms with E-state index in [-0.39, 0.29) is 25.4 Å². The molecule has 0 saturated carbocycles. The molecule has 0 heterocycles. The standard InChI is InChI=1S/C21H29NO3/c1-17(2)25-16-20(24)14-22(13-18-9-5-3-6-10-18)21(15-23)19-11-7-4-8-12-19/h3-12,17,20-21,23-24H,13-16H2,1-2H3. The third-order valence-corrected chi connectivity index (χ3v) is 4.09. The molecule has 0 radical (unpaired) electrons. The minimum absolute atomic E-state index is 0.00535. The number of benzene rings is 2. The summed E-state index contributed by atoms with van der Waals surface area (Å²) in [6, 6.07) is 19.9. The molecular weight excluding hydrogens is 314 g/mol. The molecule has 0 amide bonds. The molecule has 0 spiro atoms. The molecule has 0 saturated heterocycles. The lowest BCUT2D eigenvalue weighted by Gasteiger charge is -2.32. The summed E-state index contributed by atoms with van der Waals surface area (Å²) in [7, 11) is 0. The van der Waals surface area contributed by atoms with Crippen LogP contribution in [0.3, 0.4) is 0 Å². The second-order valence-corrected chi connectivity index (χ2v) is 6.56. The predicted molar refractivity (Wildman–Crippen MR) is 100 cm³/mol. The van der Waals surface area contributed by atoms with Gasteiger partial charge in [-0.15, -0.1) is 0 Å². The highest BCUT2D eigenvalue weighted by atomic mass is 16.5. The molecule has 2 aromatic rings. The molecule has 4 nitrogen and oxygen atoms in total. The van der Waals surface area contributed by atoms with Crippen molar-refractivity contribution in [3.63, 3.8) is 0 Å². The van der Waals surface area contributed by atoms with Crippen molar-refractivity contribution in [2.75, 3.05) is 19.8 Å². The summed E-state index contributed by atoms with van der Waals surface area (Å²) in [5.41, 5.74) is 2.19. The van der Waals surface area contributed by atoms with Gasteiger partial charge in [0.25, 0.3) is 0 Å². The average molecular weight is 343 g/mol. The van der Waals surface area contributed by atoms with Crippen molar-refractivity contribution in [3.8, 4) is 0 Å². The second kappa shape index (κ2) is 10.3. The Morgan fingerprint density at radius 2 is 1.56 bits per heavy atom. The molecule has 25 heavy (non-hydrogen) atoms. The number of nitrogens with zero attached hydrogens (tertiary/aromatic N) is 1. The molecular formula is C21H29NO3. The fourth-order valence-electron chi connectivity index (χ4n) is 2.85. The van der Waals surface area contributed by atoms with Crippen LogP contribution in [0, 0.1) is 0 Å². The normalized spacial score (nSPS) is 14.0. The maximum absolute atomic E-state index is 10.4. The average Bonchev–Trinajstić information content (AvgIpc) is 2.62. The van der Waals surface area contributed by atoms with Crippen LogP contribution in [-0.2, 0) is 11.3 Å². The molecule has 0 aliphatic rings. The fraction of sp³-hybridized carbons (Fsp3) is 0.429. The van der Waals surface area contributed by atoms with E-state index in [0.29, 0.717) is 13.1 Å². The summed E-state index contributed by atoms with van der Waals surface area (Å²) in [5.74, 6) is 0. The Bertz CT molecular complexity index is 589. The Morgan fingerprint density at radius 3 is 2.12 bits per heavy atom. The summed E-state index contributed by atoms with van der Waals surface area (Å²) in [4.78, 5) is 2.11. The van der Waals surface area contributed by atoms with Crippen molar-refractivity contribution >= 4 is 0 Å². The lowest BCUT2D eigenvalue weighted by atomic mass is 10.0. The van der Waals surface area contributed by atoms with Gasteiger partial charge in [-0.1, -0.05) is 60.7 Å². The summed E-state index contributed by atoms with van der Waals surface area (Å²) in [5, 5.41) is 20.4. The molecule has 0 aliphatic carbocycles. The number of aliphatic hydroxyl groups excluding tert-OH is 2. The van der Waals surface area contributed by atoms with Crippen LogP contribution < -0.4 is 0 Å². The van der Waals surface area contributed by atoms with Gasteiger partial charge in [-0.2, -0.15) is 0 Å². The zero-order valence-corrected chi connectivity index (χ0v) is 15.1. The van der Waals surface area contributed by atoms with E-state index < -0.39 is 6.10 Å². The number of rotatable bonds is 10. The van der Waals surface area contributed by atoms with E-state index >= 15 is 0 Å². The SMILES string of the molecule is CC(C)OCC(O)CN(Cc1ccccc1)C(CO)c1ccccc1. The zero-order chi connectivity index (χ0) is 18.1. The number of ether oxygens (including phenoxy) is 1. The first-order valence-corrected chi connectivity index (χ1v) is 8.83. The van der Waals surface area contributed by atoms with Crippen LogP contribution in [0.1, 0.15) is 31.0 Å². The van der Waals surface area contributed by atoms with E-state index in [9.17, 15) is 10.2 Å². The molecule has 2 aromatic carbocycles. The van der Waals surface area contributed by atoms with Crippen molar-refractivity contribution in [2.24, 2.45) is 0 Å². The van der Waals surface area contributed by atoms with Crippen molar-refractivity contribution < 1.29 is 14.9 Å². The molecule has 2 rings (SSSR count). The number of hydrogen-bond acceptors (Lipinski definition) is 4. The van der Waals surface area contributed by atoms with Gasteiger partial charge in [0.15, 0.2) is 0 Å². The van der Waals surface area contributed by atoms with Gasteiger partial charge in [0.2, 0.25) is 0 Å². The van der Waals surface area contributed by atoms with Crippen LogP contribution in [0.5, 0.6) is 0 Å². The second-order valence-electron chi connectivity index (χ2n) is 6.56. The van der Waals surface area contributed by atoms with Crippen LogP contribution in [0.4, 0.5) is 0 Å². The first-order chi connectivity index (χ1) is 12.1. The fourth-order valence-corrected chi connectivity index (χ4v) is 2.85. The Hall–Kier alpha value is -1.72. The molecule has 2 N–H and O–H groups in total. The Kier molecular flexibility index (Phi) is 8.09. The smallest absolute Gasteiger partial charge is 0.0900 e. The molecule has 2 unspecified atom stereocenters. The molecule has 0 bridgehead atoms. The van der Waals surface area contributed by atoms with Crippen LogP contribution >= 0.6 is 0 Å². The van der Waals surface area contributed by atoms with E-state index in [1.165, 1.54) is 0 Å². The third-order valence-electron chi connectivity index (χ3n) is 4.09. The van der Waals surface area contributed by atoms with Crippen molar-refractivity contribution in [1.29, 1.82) is 0 Å². The quantitative estimate of drug-likeness (QED) is 0.696. The summed E-state index contributed by atoms with van der Waals surface area (Å²) in [6.07, 6.45) is -0.524. The minimum atomic E-state index is -0.608. The van der Waals surface area contributed by atoms with Gasteiger partial charge in [-0.05, 0) is 25.0 Å². The monoisotopic (exact) mass is 343 g/mol. The number of hydrogen-bond donors (Lipinski definition) is 2. The van der Waals surface area contributed by atoms with E-state index in [1.807, 2.05) is 62.4 Å². The van der Waals surface area contributed by atoms with Crippen molar-refractivity contribution in [2.45, 2.75) is 38.6 Å². The summed E-state index contributed by atoms with van der Waals surface area (Å²) < 4.78 is 5.53. The molecule has 0 aromatic heterocycles. The van der Waals surface area contributed by atoms with Gasteiger partial charge >= 0.3 is 0 Å². The molecule has 0 fully saturated rings. The highest BCUT2D eigenvalue weighted by molar-refractivity contribution is 5.20. The van der Waals surface area contributed by atoms with E-state index in [1.54, 1.807) is 0 Å². The Morgan fingerprint density at radius 1 is 0.960 bits per heavy atom. The first-order valence-electron chi connectivity index (χ1n) is 8.83. The largest absolute Gasteiger partial charge is 0.394 e. The van der Waals surface area contributed by atoms with Gasteiger partial charge in [0.05, 0.1) is 31.5 Å². The van der Waals surface area contributed by atoms with Gasteiger partial charge in [0, 0.05) is 13.1 Å². The van der Waals surface area contributed by atoms with Crippen molar-refractivity contribution in [3.05, 3.63) is 71.8 Å². The predicted octanol–water partition coefficient (Wildman–Crippen LogP) is 3.01. The number of aliphatic hydroxyl groups is 2. The summed E-state index contributed by atoms with van der Waals surface area (Å²) in [6.45, 7) is 5.27. The first kappa shape index (κ1) is 19.6. The Labute approximate surface area is 150 Å². The lowest BCUT2D eigenvalue weighted by molar-refractivity contribution is -0.0205. The van der Waals surface area contributed by atoms with Gasteiger partial charge < -0.3 is 14.9 Å². The molecule has 136 valence electrons. The molecule has 4 heteroatoms. The summed E-state index contributed by atoms with van der Waals surface area (Å²) >= 11 is 0. The van der Waals surface area contributed by atoms with Crippen LogP contribution in [0.15, 0.2) is 60.7 Å².